The zero-order valence-corrected chi connectivity index (χ0v) is 20.8. The summed E-state index contributed by atoms with van der Waals surface area (Å²) in [6.45, 7) is 3.77. The van der Waals surface area contributed by atoms with Crippen LogP contribution in [0, 0.1) is 13.8 Å². The van der Waals surface area contributed by atoms with Gasteiger partial charge in [0.2, 0.25) is 5.75 Å². The topological polar surface area (TPSA) is 105 Å². The molecule has 3 aromatic carbocycles. The van der Waals surface area contributed by atoms with Crippen molar-refractivity contribution in [3.05, 3.63) is 76.9 Å². The van der Waals surface area contributed by atoms with Gasteiger partial charge in [0.25, 0.3) is 5.91 Å². The summed E-state index contributed by atoms with van der Waals surface area (Å²) < 4.78 is 26.9. The summed E-state index contributed by atoms with van der Waals surface area (Å²) in [6, 6.07) is 15.4. The van der Waals surface area contributed by atoms with E-state index in [-0.39, 0.29) is 17.9 Å². The van der Waals surface area contributed by atoms with E-state index in [2.05, 4.69) is 10.5 Å². The first-order valence-electron chi connectivity index (χ1n) is 11.0. The van der Waals surface area contributed by atoms with Gasteiger partial charge in [0.05, 0.1) is 33.1 Å². The number of para-hydroxylation sites is 1. The van der Waals surface area contributed by atoms with Crippen LogP contribution in [0.2, 0.25) is 0 Å². The predicted molar refractivity (Wildman–Crippen MR) is 135 cm³/mol. The number of esters is 1. The molecular weight excluding hydrogens is 464 g/mol. The number of nitrogens with one attached hydrogen (secondary N) is 1. The van der Waals surface area contributed by atoms with E-state index in [0.717, 1.165) is 11.1 Å². The lowest BCUT2D eigenvalue weighted by Gasteiger charge is -2.14. The van der Waals surface area contributed by atoms with E-state index >= 15 is 0 Å². The van der Waals surface area contributed by atoms with Gasteiger partial charge in [0.1, 0.15) is 11.5 Å². The van der Waals surface area contributed by atoms with Crippen molar-refractivity contribution in [1.82, 2.24) is 5.43 Å². The Morgan fingerprint density at radius 3 is 2.19 bits per heavy atom. The van der Waals surface area contributed by atoms with Gasteiger partial charge >= 0.3 is 5.97 Å². The highest BCUT2D eigenvalue weighted by atomic mass is 16.5. The molecule has 0 heterocycles. The van der Waals surface area contributed by atoms with Crippen molar-refractivity contribution >= 4 is 18.1 Å². The number of benzene rings is 3. The average Bonchev–Trinajstić information content (AvgIpc) is 2.89. The average molecular weight is 493 g/mol. The standard InChI is InChI=1S/C27H28N2O7/c1-17-10-11-21(12-18(17)2)35-16-25(30)29-28-15-19-8-6-7-9-22(19)36-27(31)20-13-23(32-3)26(34-5)24(14-20)33-4/h6-15H,16H2,1-5H3,(H,29,30). The molecule has 188 valence electrons. The molecule has 36 heavy (non-hydrogen) atoms. The van der Waals surface area contributed by atoms with Crippen molar-refractivity contribution in [2.75, 3.05) is 27.9 Å². The van der Waals surface area contributed by atoms with Crippen molar-refractivity contribution in [2.45, 2.75) is 13.8 Å². The van der Waals surface area contributed by atoms with Gasteiger partial charge in [0, 0.05) is 5.56 Å². The van der Waals surface area contributed by atoms with Crippen LogP contribution >= 0.6 is 0 Å². The molecular formula is C27H28N2O7. The van der Waals surface area contributed by atoms with E-state index in [4.69, 9.17) is 23.7 Å². The maximum absolute atomic E-state index is 12.8. The minimum atomic E-state index is -0.638. The molecule has 0 aliphatic rings. The lowest BCUT2D eigenvalue weighted by atomic mass is 10.1. The van der Waals surface area contributed by atoms with Crippen molar-refractivity contribution in [3.8, 4) is 28.7 Å². The molecule has 0 aromatic heterocycles. The molecule has 3 rings (SSSR count). The quantitative estimate of drug-likeness (QED) is 0.197. The zero-order chi connectivity index (χ0) is 26.1. The zero-order valence-electron chi connectivity index (χ0n) is 20.8. The summed E-state index contributed by atoms with van der Waals surface area (Å²) in [7, 11) is 4.39. The van der Waals surface area contributed by atoms with Crippen LogP contribution in [0.1, 0.15) is 27.0 Å². The fraction of sp³-hybridized carbons (Fsp3) is 0.222. The Hall–Kier alpha value is -4.53. The van der Waals surface area contributed by atoms with Gasteiger partial charge in [-0.2, -0.15) is 5.10 Å². The molecule has 1 amide bonds. The van der Waals surface area contributed by atoms with Crippen LogP contribution in [0.15, 0.2) is 59.7 Å². The number of aryl methyl sites for hydroxylation is 2. The van der Waals surface area contributed by atoms with Crippen molar-refractivity contribution in [3.63, 3.8) is 0 Å². The minimum absolute atomic E-state index is 0.197. The van der Waals surface area contributed by atoms with Crippen LogP contribution in [0.3, 0.4) is 0 Å². The number of rotatable bonds is 10. The second-order valence-corrected chi connectivity index (χ2v) is 7.67. The summed E-state index contributed by atoms with van der Waals surface area (Å²) in [6.07, 6.45) is 1.38. The maximum Gasteiger partial charge on any atom is 0.343 e. The lowest BCUT2D eigenvalue weighted by Crippen LogP contribution is -2.24. The van der Waals surface area contributed by atoms with Crippen LogP contribution in [-0.4, -0.2) is 46.0 Å². The number of nitrogens with zero attached hydrogens (tertiary/aromatic N) is 1. The molecule has 0 saturated heterocycles. The molecule has 0 bridgehead atoms. The summed E-state index contributed by atoms with van der Waals surface area (Å²) in [4.78, 5) is 25.0. The Balaban J connectivity index is 1.65. The minimum Gasteiger partial charge on any atom is -0.493 e. The van der Waals surface area contributed by atoms with E-state index in [0.29, 0.717) is 28.6 Å². The molecule has 0 saturated carbocycles. The number of hydrogen-bond acceptors (Lipinski definition) is 8. The smallest absolute Gasteiger partial charge is 0.343 e. The molecule has 0 atom stereocenters. The highest BCUT2D eigenvalue weighted by Gasteiger charge is 2.19. The summed E-state index contributed by atoms with van der Waals surface area (Å²) in [5.74, 6) is 0.786. The third-order valence-corrected chi connectivity index (χ3v) is 5.26. The highest BCUT2D eigenvalue weighted by Crippen LogP contribution is 2.38. The first-order chi connectivity index (χ1) is 17.4. The van der Waals surface area contributed by atoms with E-state index in [1.807, 2.05) is 26.0 Å². The molecule has 0 radical (unpaired) electrons. The van der Waals surface area contributed by atoms with Gasteiger partial charge in [0.15, 0.2) is 18.1 Å². The van der Waals surface area contributed by atoms with E-state index in [9.17, 15) is 9.59 Å². The second-order valence-electron chi connectivity index (χ2n) is 7.67. The van der Waals surface area contributed by atoms with Crippen molar-refractivity contribution in [1.29, 1.82) is 0 Å². The number of carbonyl (C=O) groups excluding carboxylic acids is 2. The van der Waals surface area contributed by atoms with Gasteiger partial charge in [-0.1, -0.05) is 18.2 Å². The molecule has 1 N–H and O–H groups in total. The fourth-order valence-electron chi connectivity index (χ4n) is 3.20. The Kier molecular flexibility index (Phi) is 8.88. The maximum atomic E-state index is 12.8. The number of amides is 1. The van der Waals surface area contributed by atoms with E-state index < -0.39 is 11.9 Å². The SMILES string of the molecule is COc1cc(C(=O)Oc2ccccc2C=NNC(=O)COc2ccc(C)c(C)c2)cc(OC)c1OC. The number of carbonyl (C=O) groups is 2. The first-order valence-corrected chi connectivity index (χ1v) is 11.0. The third-order valence-electron chi connectivity index (χ3n) is 5.26. The number of hydrogen-bond donors (Lipinski definition) is 1. The van der Waals surface area contributed by atoms with Gasteiger partial charge in [-0.25, -0.2) is 10.2 Å². The molecule has 0 fully saturated rings. The molecule has 9 heteroatoms. The monoisotopic (exact) mass is 492 g/mol. The number of methoxy groups -OCH3 is 3. The van der Waals surface area contributed by atoms with Crippen LogP contribution in [0.4, 0.5) is 0 Å². The van der Waals surface area contributed by atoms with Gasteiger partial charge in [-0.05, 0) is 61.4 Å². The molecule has 0 unspecified atom stereocenters. The van der Waals surface area contributed by atoms with Crippen molar-refractivity contribution in [2.24, 2.45) is 5.10 Å². The Morgan fingerprint density at radius 1 is 0.861 bits per heavy atom. The molecule has 3 aromatic rings. The van der Waals surface area contributed by atoms with E-state index in [1.54, 1.807) is 30.3 Å². The van der Waals surface area contributed by atoms with Crippen LogP contribution < -0.4 is 29.1 Å². The third kappa shape index (κ3) is 6.53. The Labute approximate surface area is 209 Å². The predicted octanol–water partition coefficient (Wildman–Crippen LogP) is 4.08. The lowest BCUT2D eigenvalue weighted by molar-refractivity contribution is -0.123. The fourth-order valence-corrected chi connectivity index (χ4v) is 3.20. The normalized spacial score (nSPS) is 10.6. The summed E-state index contributed by atoms with van der Waals surface area (Å²) in [5, 5.41) is 3.95. The van der Waals surface area contributed by atoms with Gasteiger partial charge in [-0.15, -0.1) is 0 Å². The summed E-state index contributed by atoms with van der Waals surface area (Å²) >= 11 is 0. The van der Waals surface area contributed by atoms with Crippen LogP contribution in [-0.2, 0) is 4.79 Å². The molecule has 0 spiro atoms. The molecule has 0 aliphatic heterocycles. The number of ether oxygens (including phenoxy) is 5. The largest absolute Gasteiger partial charge is 0.493 e. The Morgan fingerprint density at radius 2 is 1.56 bits per heavy atom. The second kappa shape index (κ2) is 12.3. The van der Waals surface area contributed by atoms with Crippen LogP contribution in [0.25, 0.3) is 0 Å². The van der Waals surface area contributed by atoms with Crippen molar-refractivity contribution < 1.29 is 33.3 Å². The van der Waals surface area contributed by atoms with Crippen LogP contribution in [0.5, 0.6) is 28.7 Å². The number of hydrazone groups is 1. The molecule has 0 aliphatic carbocycles. The van der Waals surface area contributed by atoms with Gasteiger partial charge < -0.3 is 23.7 Å². The first kappa shape index (κ1) is 26.1. The van der Waals surface area contributed by atoms with Gasteiger partial charge in [-0.3, -0.25) is 4.79 Å². The Bertz CT molecular complexity index is 1250. The highest BCUT2D eigenvalue weighted by molar-refractivity contribution is 5.94. The van der Waals surface area contributed by atoms with E-state index in [1.165, 1.54) is 39.7 Å². The summed E-state index contributed by atoms with van der Waals surface area (Å²) in [5.41, 5.74) is 5.30. The molecule has 9 nitrogen and oxygen atoms in total.